The number of carbonyl (C=O) groups is 5. The third kappa shape index (κ3) is 5.30. The third-order valence-electron chi connectivity index (χ3n) is 9.41. The molecule has 2 aliphatic heterocycles. The number of alkyl halides is 1. The van der Waals surface area contributed by atoms with Crippen LogP contribution in [0.25, 0.3) is 0 Å². The van der Waals surface area contributed by atoms with Crippen molar-refractivity contribution < 1.29 is 57.5 Å². The maximum atomic E-state index is 13.1. The van der Waals surface area contributed by atoms with Gasteiger partial charge >= 0.3 is 29.8 Å². The average molecular weight is 615 g/mol. The van der Waals surface area contributed by atoms with Gasteiger partial charge in [-0.15, -0.1) is 11.6 Å². The molecule has 0 bridgehead atoms. The minimum Gasteiger partial charge on any atom is -0.462 e. The quantitative estimate of drug-likeness (QED) is 0.158. The van der Waals surface area contributed by atoms with E-state index in [1.165, 1.54) is 20.8 Å². The number of ether oxygens (including phenoxy) is 6. The summed E-state index contributed by atoms with van der Waals surface area (Å²) in [4.78, 5) is 63.4. The summed E-state index contributed by atoms with van der Waals surface area (Å²) < 4.78 is 35.1. The van der Waals surface area contributed by atoms with Crippen molar-refractivity contribution >= 4 is 41.4 Å². The zero-order valence-electron chi connectivity index (χ0n) is 24.7. The second kappa shape index (κ2) is 11.4. The second-order valence-corrected chi connectivity index (χ2v) is 12.4. The summed E-state index contributed by atoms with van der Waals surface area (Å²) >= 11 is 6.87. The molecule has 4 rings (SSSR count). The summed E-state index contributed by atoms with van der Waals surface area (Å²) in [5.74, 6) is -5.73. The molecule has 0 aromatic rings. The molecule has 0 aromatic carbocycles. The molecule has 42 heavy (non-hydrogen) atoms. The molecule has 2 saturated heterocycles. The van der Waals surface area contributed by atoms with E-state index in [-0.39, 0.29) is 31.4 Å². The van der Waals surface area contributed by atoms with Crippen LogP contribution in [0.1, 0.15) is 67.2 Å². The van der Waals surface area contributed by atoms with E-state index in [1.807, 2.05) is 0 Å². The molecular weight excluding hydrogens is 576 g/mol. The summed E-state index contributed by atoms with van der Waals surface area (Å²) in [5, 5.41) is 11.3. The van der Waals surface area contributed by atoms with E-state index in [9.17, 15) is 29.1 Å². The van der Waals surface area contributed by atoms with E-state index in [0.29, 0.717) is 6.42 Å². The Morgan fingerprint density at radius 3 is 2.17 bits per heavy atom. The Balaban J connectivity index is 2.06. The molecule has 1 N–H and O–H groups in total. The predicted octanol–water partition coefficient (Wildman–Crippen LogP) is 2.15. The first-order valence-corrected chi connectivity index (χ1v) is 14.6. The lowest BCUT2D eigenvalue weighted by Crippen LogP contribution is -2.70. The van der Waals surface area contributed by atoms with Crippen molar-refractivity contribution in [2.75, 3.05) is 6.61 Å². The number of halogens is 1. The van der Waals surface area contributed by atoms with Crippen molar-refractivity contribution in [2.45, 2.75) is 114 Å². The van der Waals surface area contributed by atoms with E-state index in [1.54, 1.807) is 13.8 Å². The van der Waals surface area contributed by atoms with Crippen molar-refractivity contribution in [1.82, 2.24) is 0 Å². The highest BCUT2D eigenvalue weighted by Gasteiger charge is 2.76. The molecule has 4 fully saturated rings. The Labute approximate surface area is 249 Å². The van der Waals surface area contributed by atoms with Crippen LogP contribution in [-0.4, -0.2) is 88.7 Å². The number of esters is 5. The second-order valence-electron chi connectivity index (χ2n) is 12.0. The molecule has 13 heteroatoms. The van der Waals surface area contributed by atoms with Gasteiger partial charge in [0.25, 0.3) is 0 Å². The molecule has 1 spiro atoms. The largest absolute Gasteiger partial charge is 0.462 e. The Kier molecular flexibility index (Phi) is 8.76. The minimum atomic E-state index is -2.25. The van der Waals surface area contributed by atoms with E-state index >= 15 is 0 Å². The van der Waals surface area contributed by atoms with Gasteiger partial charge in [0.15, 0.2) is 11.7 Å². The van der Waals surface area contributed by atoms with Gasteiger partial charge in [-0.1, -0.05) is 20.4 Å². The maximum absolute atomic E-state index is 13.1. The third-order valence-corrected chi connectivity index (χ3v) is 9.92. The molecule has 0 amide bonds. The smallest absolute Gasteiger partial charge is 0.312 e. The van der Waals surface area contributed by atoms with Gasteiger partial charge in [0.2, 0.25) is 0 Å². The monoisotopic (exact) mass is 614 g/mol. The van der Waals surface area contributed by atoms with Gasteiger partial charge in [0.05, 0.1) is 28.9 Å². The van der Waals surface area contributed by atoms with Crippen LogP contribution >= 0.6 is 11.6 Å². The lowest BCUT2D eigenvalue weighted by molar-refractivity contribution is -0.247. The number of fused-ring (bicyclic) bond motifs is 3. The van der Waals surface area contributed by atoms with Crippen LogP contribution in [0.2, 0.25) is 0 Å². The molecule has 2 aliphatic carbocycles. The Bertz CT molecular complexity index is 1170. The van der Waals surface area contributed by atoms with Gasteiger partial charge in [-0.3, -0.25) is 24.0 Å². The van der Waals surface area contributed by atoms with Crippen molar-refractivity contribution in [2.24, 2.45) is 17.3 Å². The molecule has 12 nitrogen and oxygen atoms in total. The molecule has 11 unspecified atom stereocenters. The van der Waals surface area contributed by atoms with Crippen LogP contribution in [0.4, 0.5) is 0 Å². The number of hydrogen-bond acceptors (Lipinski definition) is 12. The van der Waals surface area contributed by atoms with Crippen LogP contribution in [-0.2, 0) is 52.4 Å². The molecule has 2 heterocycles. The van der Waals surface area contributed by atoms with E-state index < -0.39 is 94.2 Å². The number of hydrogen-bond donors (Lipinski definition) is 1. The highest BCUT2D eigenvalue weighted by Crippen LogP contribution is 2.63. The maximum Gasteiger partial charge on any atom is 0.312 e. The van der Waals surface area contributed by atoms with Crippen molar-refractivity contribution in [3.05, 3.63) is 12.2 Å². The average Bonchev–Trinajstić information content (AvgIpc) is 3.63. The highest BCUT2D eigenvalue weighted by atomic mass is 35.5. The van der Waals surface area contributed by atoms with Gasteiger partial charge in [-0.25, -0.2) is 0 Å². The lowest BCUT2D eigenvalue weighted by Gasteiger charge is -2.57. The topological polar surface area (TPSA) is 164 Å². The number of rotatable bonds is 5. The Hall–Kier alpha value is -2.70. The molecule has 4 aliphatic rings. The molecule has 2 saturated carbocycles. The van der Waals surface area contributed by atoms with E-state index in [0.717, 1.165) is 6.92 Å². The first kappa shape index (κ1) is 32.2. The summed E-state index contributed by atoms with van der Waals surface area (Å²) in [6, 6.07) is 0. The van der Waals surface area contributed by atoms with Crippen molar-refractivity contribution in [3.63, 3.8) is 0 Å². The zero-order valence-corrected chi connectivity index (χ0v) is 25.4. The fourth-order valence-corrected chi connectivity index (χ4v) is 7.60. The fourth-order valence-electron chi connectivity index (χ4n) is 7.20. The summed E-state index contributed by atoms with van der Waals surface area (Å²) in [7, 11) is 0. The molecule has 11 atom stereocenters. The number of carbonyl (C=O) groups excluding carboxylic acids is 5. The minimum absolute atomic E-state index is 0.00675. The van der Waals surface area contributed by atoms with Crippen molar-refractivity contribution in [1.29, 1.82) is 0 Å². The van der Waals surface area contributed by atoms with Gasteiger partial charge < -0.3 is 33.5 Å². The van der Waals surface area contributed by atoms with Gasteiger partial charge in [-0.05, 0) is 25.3 Å². The molecule has 0 radical (unpaired) electrons. The summed E-state index contributed by atoms with van der Waals surface area (Å²) in [5.41, 5.74) is -4.62. The van der Waals surface area contributed by atoms with E-state index in [4.69, 9.17) is 40.0 Å². The number of aliphatic hydroxyl groups is 1. The molecule has 0 aromatic heterocycles. The molecular formula is C29H39ClO12. The fraction of sp³-hybridized carbons (Fsp3) is 0.759. The molecule has 234 valence electrons. The Morgan fingerprint density at radius 2 is 1.64 bits per heavy atom. The Morgan fingerprint density at radius 1 is 1.05 bits per heavy atom. The summed E-state index contributed by atoms with van der Waals surface area (Å²) in [6.45, 7) is 12.5. The number of epoxide rings is 1. The van der Waals surface area contributed by atoms with Crippen LogP contribution in [0.5, 0.6) is 0 Å². The lowest BCUT2D eigenvalue weighted by atomic mass is 9.52. The van der Waals surface area contributed by atoms with Gasteiger partial charge in [0.1, 0.15) is 24.4 Å². The first-order chi connectivity index (χ1) is 19.5. The standard InChI is InChI=1S/C29H39ClO12/c1-8-21(34)41-20-11-18(38-15(4)31)13(2)22(30)24-29(36,14(3)26(35)42-24)25(40-17(6)33)23-27(20,7)19(39-16(5)32)9-10-28(23)12-37-28/h14,18-20,22-25,36H,2,8-12H2,1,3-7H3. The van der Waals surface area contributed by atoms with Gasteiger partial charge in [-0.2, -0.15) is 0 Å². The normalized spacial score (nSPS) is 42.9. The summed E-state index contributed by atoms with van der Waals surface area (Å²) in [6.07, 6.45) is -5.81. The van der Waals surface area contributed by atoms with Crippen molar-refractivity contribution in [3.8, 4) is 0 Å². The highest BCUT2D eigenvalue weighted by molar-refractivity contribution is 6.23. The van der Waals surface area contributed by atoms with E-state index in [2.05, 4.69) is 6.58 Å². The van der Waals surface area contributed by atoms with Crippen LogP contribution in [0.15, 0.2) is 12.2 Å². The first-order valence-electron chi connectivity index (χ1n) is 14.1. The van der Waals surface area contributed by atoms with Crippen LogP contribution in [0.3, 0.4) is 0 Å². The van der Waals surface area contributed by atoms with Gasteiger partial charge in [0, 0.05) is 39.5 Å². The van der Waals surface area contributed by atoms with Crippen LogP contribution in [0, 0.1) is 17.3 Å². The SMILES string of the molecule is C=C1C(OC(C)=O)CC(OC(=O)CC)C2(C)C(OC(C)=O)CCC3(CO3)C2C(OC(C)=O)C2(O)C(C)C(=O)OC2C1Cl. The zero-order chi connectivity index (χ0) is 31.4. The van der Waals surface area contributed by atoms with Crippen LogP contribution < -0.4 is 0 Å². The predicted molar refractivity (Wildman–Crippen MR) is 144 cm³/mol.